The molecule has 2 aromatic rings. The minimum Gasteiger partial charge on any atom is -0.380 e. The van der Waals surface area contributed by atoms with Gasteiger partial charge in [-0.25, -0.2) is 0 Å². The molecule has 1 saturated heterocycles. The van der Waals surface area contributed by atoms with Gasteiger partial charge in [-0.2, -0.15) is 5.10 Å². The van der Waals surface area contributed by atoms with E-state index in [2.05, 4.69) is 15.6 Å². The molecule has 1 saturated carbocycles. The number of amides is 2. The predicted octanol–water partition coefficient (Wildman–Crippen LogP) is 1.77. The molecule has 2 atom stereocenters. The predicted molar refractivity (Wildman–Crippen MR) is 108 cm³/mol. The lowest BCUT2D eigenvalue weighted by atomic mass is 9.82. The lowest BCUT2D eigenvalue weighted by molar-refractivity contribution is -0.128. The van der Waals surface area contributed by atoms with Gasteiger partial charge in [-0.1, -0.05) is 18.0 Å². The van der Waals surface area contributed by atoms with Crippen molar-refractivity contribution >= 4 is 11.8 Å². The summed E-state index contributed by atoms with van der Waals surface area (Å²) in [5.41, 5.74) is 1.04. The summed E-state index contributed by atoms with van der Waals surface area (Å²) in [5.74, 6) is 0.227. The van der Waals surface area contributed by atoms with E-state index in [0.29, 0.717) is 50.7 Å². The molecule has 4 rings (SSSR count). The summed E-state index contributed by atoms with van der Waals surface area (Å²) in [4.78, 5) is 28.3. The molecular formula is C21H29N5O4. The molecule has 2 fully saturated rings. The summed E-state index contributed by atoms with van der Waals surface area (Å²) in [6.45, 7) is 4.30. The molecule has 162 valence electrons. The van der Waals surface area contributed by atoms with Gasteiger partial charge in [0.1, 0.15) is 5.76 Å². The normalized spacial score (nSPS) is 23.4. The van der Waals surface area contributed by atoms with E-state index >= 15 is 0 Å². The number of fused-ring (bicyclic) bond motifs is 1. The summed E-state index contributed by atoms with van der Waals surface area (Å²) in [5, 5.41) is 11.3. The zero-order valence-corrected chi connectivity index (χ0v) is 17.4. The van der Waals surface area contributed by atoms with Crippen LogP contribution in [0, 0.1) is 12.8 Å². The van der Waals surface area contributed by atoms with Gasteiger partial charge in [-0.3, -0.25) is 14.3 Å². The van der Waals surface area contributed by atoms with E-state index in [1.165, 1.54) is 0 Å². The molecule has 1 aliphatic carbocycles. The highest BCUT2D eigenvalue weighted by molar-refractivity contribution is 5.94. The standard InChI is InChI=1S/C21H29N5O4/c1-15-17(14-25-10-4-8-23-25)19(24-30-15)21(28)26-11-5-12-29-13-9-22-20(27)16-6-2-3-7-18(16)26/h4,8,10,16,18H,2-3,5-7,9,11-14H2,1H3,(H,22,27). The van der Waals surface area contributed by atoms with Gasteiger partial charge in [0.25, 0.3) is 5.91 Å². The number of nitrogens with zero attached hydrogens (tertiary/aromatic N) is 4. The van der Waals surface area contributed by atoms with Gasteiger partial charge in [-0.05, 0) is 32.3 Å². The minimum atomic E-state index is -0.205. The fraction of sp³-hybridized carbons (Fsp3) is 0.619. The molecular weight excluding hydrogens is 386 g/mol. The maximum absolute atomic E-state index is 13.7. The molecule has 9 nitrogen and oxygen atoms in total. The second kappa shape index (κ2) is 9.42. The minimum absolute atomic E-state index is 0.0103. The van der Waals surface area contributed by atoms with E-state index in [9.17, 15) is 9.59 Å². The Balaban J connectivity index is 1.63. The highest BCUT2D eigenvalue weighted by atomic mass is 16.5. The Labute approximate surface area is 175 Å². The first-order valence-corrected chi connectivity index (χ1v) is 10.7. The van der Waals surface area contributed by atoms with Crippen LogP contribution in [-0.4, -0.2) is 64.0 Å². The molecule has 0 aromatic carbocycles. The third kappa shape index (κ3) is 4.40. The van der Waals surface area contributed by atoms with E-state index in [1.807, 2.05) is 17.2 Å². The van der Waals surface area contributed by atoms with Crippen LogP contribution in [0.3, 0.4) is 0 Å². The third-order valence-corrected chi connectivity index (χ3v) is 6.03. The topological polar surface area (TPSA) is 102 Å². The Morgan fingerprint density at radius 1 is 1.27 bits per heavy atom. The molecule has 0 bridgehead atoms. The van der Waals surface area contributed by atoms with E-state index in [-0.39, 0.29) is 23.8 Å². The van der Waals surface area contributed by atoms with Crippen LogP contribution in [-0.2, 0) is 16.1 Å². The Hall–Kier alpha value is -2.68. The molecule has 9 heteroatoms. The van der Waals surface area contributed by atoms with E-state index in [0.717, 1.165) is 31.2 Å². The Bertz CT molecular complexity index is 863. The van der Waals surface area contributed by atoms with Crippen LogP contribution in [0.15, 0.2) is 23.0 Å². The van der Waals surface area contributed by atoms with Crippen molar-refractivity contribution in [2.45, 2.75) is 51.6 Å². The number of hydrogen-bond donors (Lipinski definition) is 1. The first-order valence-electron chi connectivity index (χ1n) is 10.7. The number of ether oxygens (including phenoxy) is 1. The van der Waals surface area contributed by atoms with Crippen LogP contribution in [0.4, 0.5) is 0 Å². The van der Waals surface area contributed by atoms with Crippen LogP contribution < -0.4 is 5.32 Å². The molecule has 1 aliphatic heterocycles. The number of carbonyl (C=O) groups excluding carboxylic acids is 2. The number of aryl methyl sites for hydroxylation is 1. The molecule has 2 unspecified atom stereocenters. The first kappa shape index (κ1) is 20.6. The lowest BCUT2D eigenvalue weighted by Gasteiger charge is -2.39. The second-order valence-electron chi connectivity index (χ2n) is 7.98. The van der Waals surface area contributed by atoms with Crippen molar-refractivity contribution in [1.29, 1.82) is 0 Å². The monoisotopic (exact) mass is 415 g/mol. The van der Waals surface area contributed by atoms with Gasteiger partial charge >= 0.3 is 0 Å². The van der Waals surface area contributed by atoms with Crippen LogP contribution in [0.1, 0.15) is 53.9 Å². The number of rotatable bonds is 3. The van der Waals surface area contributed by atoms with E-state index in [1.54, 1.807) is 17.8 Å². The van der Waals surface area contributed by atoms with Crippen molar-refractivity contribution in [1.82, 2.24) is 25.2 Å². The Morgan fingerprint density at radius 2 is 2.13 bits per heavy atom. The van der Waals surface area contributed by atoms with Gasteiger partial charge in [0.05, 0.1) is 19.1 Å². The van der Waals surface area contributed by atoms with Gasteiger partial charge in [0.15, 0.2) is 5.69 Å². The highest BCUT2D eigenvalue weighted by Gasteiger charge is 2.38. The average Bonchev–Trinajstić information content (AvgIpc) is 3.39. The molecule has 1 N–H and O–H groups in total. The molecule has 0 spiro atoms. The Morgan fingerprint density at radius 3 is 2.97 bits per heavy atom. The van der Waals surface area contributed by atoms with Crippen LogP contribution in [0.25, 0.3) is 0 Å². The van der Waals surface area contributed by atoms with Gasteiger partial charge in [0.2, 0.25) is 5.91 Å². The summed E-state index contributed by atoms with van der Waals surface area (Å²) in [6.07, 6.45) is 7.87. The van der Waals surface area contributed by atoms with Crippen molar-refractivity contribution in [2.24, 2.45) is 5.92 Å². The summed E-state index contributed by atoms with van der Waals surface area (Å²) in [7, 11) is 0. The van der Waals surface area contributed by atoms with Gasteiger partial charge < -0.3 is 19.5 Å². The maximum Gasteiger partial charge on any atom is 0.276 e. The van der Waals surface area contributed by atoms with Crippen molar-refractivity contribution in [2.75, 3.05) is 26.3 Å². The molecule has 3 heterocycles. The van der Waals surface area contributed by atoms with Gasteiger partial charge in [0, 0.05) is 43.7 Å². The Kier molecular flexibility index (Phi) is 6.47. The quantitative estimate of drug-likeness (QED) is 0.820. The SMILES string of the molecule is Cc1onc(C(=O)N2CCCOCCNC(=O)C3CCCCC32)c1Cn1cccn1. The second-order valence-corrected chi connectivity index (χ2v) is 7.98. The van der Waals surface area contributed by atoms with Crippen molar-refractivity contribution in [3.8, 4) is 0 Å². The van der Waals surface area contributed by atoms with Crippen LogP contribution in [0.2, 0.25) is 0 Å². The summed E-state index contributed by atoms with van der Waals surface area (Å²) < 4.78 is 12.7. The molecule has 2 amide bonds. The zero-order valence-electron chi connectivity index (χ0n) is 17.4. The molecule has 30 heavy (non-hydrogen) atoms. The smallest absolute Gasteiger partial charge is 0.276 e. The van der Waals surface area contributed by atoms with Crippen molar-refractivity contribution in [3.63, 3.8) is 0 Å². The summed E-state index contributed by atoms with van der Waals surface area (Å²) >= 11 is 0. The maximum atomic E-state index is 13.7. The average molecular weight is 415 g/mol. The molecule has 2 aromatic heterocycles. The lowest BCUT2D eigenvalue weighted by Crippen LogP contribution is -2.51. The largest absolute Gasteiger partial charge is 0.380 e. The van der Waals surface area contributed by atoms with Crippen molar-refractivity contribution in [3.05, 3.63) is 35.5 Å². The van der Waals surface area contributed by atoms with E-state index < -0.39 is 0 Å². The van der Waals surface area contributed by atoms with Crippen molar-refractivity contribution < 1.29 is 18.8 Å². The summed E-state index contributed by atoms with van der Waals surface area (Å²) in [6, 6.07) is 1.70. The third-order valence-electron chi connectivity index (χ3n) is 6.03. The highest BCUT2D eigenvalue weighted by Crippen LogP contribution is 2.31. The molecule has 2 aliphatic rings. The number of hydrogen-bond acceptors (Lipinski definition) is 6. The number of carbonyl (C=O) groups is 2. The van der Waals surface area contributed by atoms with Crippen LogP contribution >= 0.6 is 0 Å². The molecule has 0 radical (unpaired) electrons. The van der Waals surface area contributed by atoms with Crippen LogP contribution in [0.5, 0.6) is 0 Å². The van der Waals surface area contributed by atoms with Gasteiger partial charge in [-0.15, -0.1) is 0 Å². The van der Waals surface area contributed by atoms with E-state index in [4.69, 9.17) is 9.26 Å². The number of nitrogens with one attached hydrogen (secondary N) is 1. The number of aromatic nitrogens is 3. The zero-order chi connectivity index (χ0) is 20.9. The first-order chi connectivity index (χ1) is 14.6. The fourth-order valence-electron chi connectivity index (χ4n) is 4.46. The fourth-order valence-corrected chi connectivity index (χ4v) is 4.46.